The Balaban J connectivity index is 1.25. The molecular formula is C22H27FN6O. The van der Waals surface area contributed by atoms with Crippen molar-refractivity contribution >= 4 is 17.2 Å². The third-order valence-electron chi connectivity index (χ3n) is 5.93. The first-order valence-corrected chi connectivity index (χ1v) is 10.4. The Hall–Kier alpha value is -3.03. The fourth-order valence-electron chi connectivity index (χ4n) is 4.02. The lowest BCUT2D eigenvalue weighted by atomic mass is 10.00. The molecule has 7 nitrogen and oxygen atoms in total. The van der Waals surface area contributed by atoms with E-state index in [1.54, 1.807) is 19.4 Å². The normalized spacial score (nSPS) is 16.6. The van der Waals surface area contributed by atoms with Crippen molar-refractivity contribution in [3.8, 4) is 0 Å². The lowest BCUT2D eigenvalue weighted by Gasteiger charge is -2.23. The lowest BCUT2D eigenvalue weighted by molar-refractivity contribution is -0.131. The fourth-order valence-corrected chi connectivity index (χ4v) is 4.02. The third-order valence-corrected chi connectivity index (χ3v) is 5.93. The Bertz CT molecular complexity index is 1040. The zero-order valence-corrected chi connectivity index (χ0v) is 17.5. The van der Waals surface area contributed by atoms with Gasteiger partial charge in [0.15, 0.2) is 5.65 Å². The van der Waals surface area contributed by atoms with Gasteiger partial charge < -0.3 is 9.80 Å². The second-order valence-electron chi connectivity index (χ2n) is 7.93. The van der Waals surface area contributed by atoms with E-state index in [0.29, 0.717) is 18.8 Å². The number of aryl methyl sites for hydroxylation is 2. The van der Waals surface area contributed by atoms with Crippen LogP contribution in [0.3, 0.4) is 0 Å². The van der Waals surface area contributed by atoms with Crippen LogP contribution < -0.4 is 4.90 Å². The molecule has 0 aliphatic carbocycles. The number of likely N-dealkylation sites (tertiary alicyclic amines) is 1. The molecule has 8 heteroatoms. The zero-order valence-electron chi connectivity index (χ0n) is 17.5. The molecule has 1 fully saturated rings. The highest BCUT2D eigenvalue weighted by Gasteiger charge is 2.30. The van der Waals surface area contributed by atoms with Crippen LogP contribution in [0.2, 0.25) is 0 Å². The quantitative estimate of drug-likeness (QED) is 0.571. The van der Waals surface area contributed by atoms with Crippen molar-refractivity contribution < 1.29 is 9.18 Å². The SMILES string of the molecule is Cc1ncc(N(C)CCN2CCC(CCCc3cccc4ncnn34)C2=O)cc1F. The van der Waals surface area contributed by atoms with E-state index < -0.39 is 0 Å². The van der Waals surface area contributed by atoms with Gasteiger partial charge in [0.05, 0.1) is 17.6 Å². The van der Waals surface area contributed by atoms with Gasteiger partial charge in [0.1, 0.15) is 12.1 Å². The summed E-state index contributed by atoms with van der Waals surface area (Å²) >= 11 is 0. The third kappa shape index (κ3) is 4.27. The maximum Gasteiger partial charge on any atom is 0.225 e. The molecule has 3 aromatic heterocycles. The summed E-state index contributed by atoms with van der Waals surface area (Å²) in [4.78, 5) is 24.9. The maximum atomic E-state index is 13.7. The minimum atomic E-state index is -0.307. The van der Waals surface area contributed by atoms with Crippen molar-refractivity contribution in [2.75, 3.05) is 31.6 Å². The number of halogens is 1. The minimum absolute atomic E-state index is 0.0868. The van der Waals surface area contributed by atoms with E-state index in [-0.39, 0.29) is 17.6 Å². The average molecular weight is 410 g/mol. The van der Waals surface area contributed by atoms with Crippen molar-refractivity contribution in [3.05, 3.63) is 54.0 Å². The molecule has 1 unspecified atom stereocenters. The van der Waals surface area contributed by atoms with Crippen LogP contribution in [-0.2, 0) is 11.2 Å². The second-order valence-corrected chi connectivity index (χ2v) is 7.93. The van der Waals surface area contributed by atoms with Gasteiger partial charge in [0.2, 0.25) is 5.91 Å². The average Bonchev–Trinajstić information content (AvgIpc) is 3.36. The van der Waals surface area contributed by atoms with Gasteiger partial charge in [-0.3, -0.25) is 9.78 Å². The predicted octanol–water partition coefficient (Wildman–Crippen LogP) is 2.88. The smallest absolute Gasteiger partial charge is 0.225 e. The highest BCUT2D eigenvalue weighted by Crippen LogP contribution is 2.24. The Morgan fingerprint density at radius 1 is 1.30 bits per heavy atom. The Morgan fingerprint density at radius 3 is 3.00 bits per heavy atom. The molecule has 4 heterocycles. The highest BCUT2D eigenvalue weighted by molar-refractivity contribution is 5.80. The molecule has 4 rings (SSSR count). The molecule has 0 bridgehead atoms. The first-order valence-electron chi connectivity index (χ1n) is 10.4. The van der Waals surface area contributed by atoms with E-state index in [0.717, 1.165) is 49.3 Å². The van der Waals surface area contributed by atoms with Gasteiger partial charge in [0.25, 0.3) is 0 Å². The molecule has 1 atom stereocenters. The van der Waals surface area contributed by atoms with Crippen molar-refractivity contribution in [2.45, 2.75) is 32.6 Å². The Morgan fingerprint density at radius 2 is 2.17 bits per heavy atom. The molecule has 30 heavy (non-hydrogen) atoms. The number of carbonyl (C=O) groups is 1. The van der Waals surface area contributed by atoms with Crippen molar-refractivity contribution in [2.24, 2.45) is 5.92 Å². The molecule has 0 radical (unpaired) electrons. The monoisotopic (exact) mass is 410 g/mol. The molecule has 0 saturated carbocycles. The topological polar surface area (TPSA) is 66.6 Å². The number of nitrogens with zero attached hydrogens (tertiary/aromatic N) is 6. The number of aromatic nitrogens is 4. The number of rotatable bonds is 8. The number of pyridine rings is 2. The number of hydrogen-bond donors (Lipinski definition) is 0. The molecular weight excluding hydrogens is 383 g/mol. The number of carbonyl (C=O) groups excluding carboxylic acids is 1. The molecule has 1 saturated heterocycles. The van der Waals surface area contributed by atoms with Crippen LogP contribution in [-0.4, -0.2) is 57.1 Å². The van der Waals surface area contributed by atoms with Gasteiger partial charge >= 0.3 is 0 Å². The van der Waals surface area contributed by atoms with Crippen LogP contribution in [0.15, 0.2) is 36.8 Å². The minimum Gasteiger partial charge on any atom is -0.371 e. The van der Waals surface area contributed by atoms with E-state index in [1.807, 2.05) is 33.5 Å². The molecule has 0 N–H and O–H groups in total. The highest BCUT2D eigenvalue weighted by atomic mass is 19.1. The molecule has 1 aliphatic heterocycles. The zero-order chi connectivity index (χ0) is 21.1. The number of fused-ring (bicyclic) bond motifs is 1. The number of amides is 1. The summed E-state index contributed by atoms with van der Waals surface area (Å²) in [6.45, 7) is 3.72. The van der Waals surface area contributed by atoms with Crippen LogP contribution in [0.25, 0.3) is 5.65 Å². The first-order chi connectivity index (χ1) is 14.5. The van der Waals surface area contributed by atoms with E-state index in [1.165, 1.54) is 6.07 Å². The summed E-state index contributed by atoms with van der Waals surface area (Å²) in [5.41, 5.74) is 3.09. The van der Waals surface area contributed by atoms with Gasteiger partial charge in [-0.05, 0) is 44.7 Å². The van der Waals surface area contributed by atoms with Crippen molar-refractivity contribution in [1.29, 1.82) is 0 Å². The molecule has 0 aromatic carbocycles. The largest absolute Gasteiger partial charge is 0.371 e. The maximum absolute atomic E-state index is 13.7. The summed E-state index contributed by atoms with van der Waals surface area (Å²) in [5, 5.41) is 4.27. The number of likely N-dealkylation sites (N-methyl/N-ethyl adjacent to an activating group) is 1. The summed E-state index contributed by atoms with van der Waals surface area (Å²) in [5.74, 6) is 0.0116. The Kier molecular flexibility index (Phi) is 5.92. The van der Waals surface area contributed by atoms with Crippen LogP contribution in [0.1, 0.15) is 30.7 Å². The van der Waals surface area contributed by atoms with E-state index in [4.69, 9.17) is 0 Å². The lowest BCUT2D eigenvalue weighted by Crippen LogP contribution is -2.35. The predicted molar refractivity (Wildman–Crippen MR) is 113 cm³/mol. The Labute approximate surface area is 175 Å². The number of hydrogen-bond acceptors (Lipinski definition) is 5. The van der Waals surface area contributed by atoms with Crippen LogP contribution in [0.4, 0.5) is 10.1 Å². The number of anilines is 1. The summed E-state index contributed by atoms with van der Waals surface area (Å²) < 4.78 is 15.6. The fraction of sp³-hybridized carbons (Fsp3) is 0.455. The molecule has 1 aliphatic rings. The summed E-state index contributed by atoms with van der Waals surface area (Å²) in [6.07, 6.45) is 6.83. The summed E-state index contributed by atoms with van der Waals surface area (Å²) in [6, 6.07) is 7.48. The van der Waals surface area contributed by atoms with Gasteiger partial charge in [-0.25, -0.2) is 13.9 Å². The first kappa shape index (κ1) is 20.3. The second kappa shape index (κ2) is 8.77. The molecule has 1 amide bonds. The molecule has 0 spiro atoms. The van der Waals surface area contributed by atoms with Gasteiger partial charge in [-0.1, -0.05) is 6.07 Å². The van der Waals surface area contributed by atoms with Crippen LogP contribution >= 0.6 is 0 Å². The van der Waals surface area contributed by atoms with Crippen molar-refractivity contribution in [1.82, 2.24) is 24.5 Å². The molecule has 3 aromatic rings. The van der Waals surface area contributed by atoms with Crippen molar-refractivity contribution in [3.63, 3.8) is 0 Å². The van der Waals surface area contributed by atoms with Crippen LogP contribution in [0.5, 0.6) is 0 Å². The standard InChI is InChI=1S/C22H27FN6O/c1-16-20(23)13-19(14-24-16)27(2)11-12-28-10-9-17(22(28)30)5-3-6-18-7-4-8-21-25-15-26-29(18)21/h4,7-8,13-15,17H,3,5-6,9-12H2,1-2H3. The van der Waals surface area contributed by atoms with E-state index in [9.17, 15) is 9.18 Å². The van der Waals surface area contributed by atoms with E-state index >= 15 is 0 Å². The van der Waals surface area contributed by atoms with Gasteiger partial charge in [0, 0.05) is 44.4 Å². The van der Waals surface area contributed by atoms with E-state index in [2.05, 4.69) is 21.1 Å². The van der Waals surface area contributed by atoms with Gasteiger partial charge in [-0.2, -0.15) is 5.10 Å². The van der Waals surface area contributed by atoms with Crippen LogP contribution in [0, 0.1) is 18.7 Å². The molecule has 158 valence electrons. The summed E-state index contributed by atoms with van der Waals surface area (Å²) in [7, 11) is 1.90. The van der Waals surface area contributed by atoms with Gasteiger partial charge in [-0.15, -0.1) is 0 Å².